The van der Waals surface area contributed by atoms with Gasteiger partial charge in [-0.05, 0) is 51.7 Å². The number of carbonyl (C=O) groups excluding carboxylic acids is 2. The van der Waals surface area contributed by atoms with Gasteiger partial charge in [-0.1, -0.05) is 25.0 Å². The van der Waals surface area contributed by atoms with Crippen LogP contribution in [0.4, 0.5) is 0 Å². The lowest BCUT2D eigenvalue weighted by Crippen LogP contribution is -2.21. The molecule has 0 radical (unpaired) electrons. The maximum atomic E-state index is 11.2. The largest absolute Gasteiger partial charge is 0.458 e. The maximum Gasteiger partial charge on any atom is 0.309 e. The molecule has 0 aromatic rings. The highest BCUT2D eigenvalue weighted by Crippen LogP contribution is 2.38. The first-order chi connectivity index (χ1) is 11.4. The van der Waals surface area contributed by atoms with E-state index in [0.29, 0.717) is 11.8 Å². The Morgan fingerprint density at radius 3 is 1.54 bits per heavy atom. The van der Waals surface area contributed by atoms with Crippen LogP contribution in [0.1, 0.15) is 53.4 Å². The van der Waals surface area contributed by atoms with E-state index in [1.54, 1.807) is 0 Å². The van der Waals surface area contributed by atoms with E-state index < -0.39 is 0 Å². The molecular weight excluding hydrogens is 304 g/mol. The summed E-state index contributed by atoms with van der Waals surface area (Å²) < 4.78 is 10.5. The molecule has 1 unspecified atom stereocenters. The van der Waals surface area contributed by atoms with Gasteiger partial charge in [0, 0.05) is 11.8 Å². The van der Waals surface area contributed by atoms with Gasteiger partial charge in [0.1, 0.15) is 12.2 Å². The minimum Gasteiger partial charge on any atom is -0.458 e. The van der Waals surface area contributed by atoms with Crippen molar-refractivity contribution in [3.63, 3.8) is 0 Å². The lowest BCUT2D eigenvalue weighted by atomic mass is 9.82. The zero-order chi connectivity index (χ0) is 17.4. The molecule has 0 saturated carbocycles. The molecule has 4 nitrogen and oxygen atoms in total. The van der Waals surface area contributed by atoms with Gasteiger partial charge in [0.25, 0.3) is 0 Å². The van der Waals surface area contributed by atoms with Gasteiger partial charge in [0.05, 0.1) is 11.8 Å². The highest BCUT2D eigenvalue weighted by Gasteiger charge is 2.42. The van der Waals surface area contributed by atoms with Gasteiger partial charge in [-0.3, -0.25) is 9.59 Å². The van der Waals surface area contributed by atoms with E-state index in [-0.39, 0.29) is 36.0 Å². The van der Waals surface area contributed by atoms with Crippen molar-refractivity contribution in [1.82, 2.24) is 0 Å². The molecular formula is C20H28O4. The van der Waals surface area contributed by atoms with Crippen molar-refractivity contribution in [2.75, 3.05) is 0 Å². The molecule has 0 bridgehead atoms. The summed E-state index contributed by atoms with van der Waals surface area (Å²) in [6.45, 7) is 8.16. The summed E-state index contributed by atoms with van der Waals surface area (Å²) in [5.41, 5.74) is 2.72. The van der Waals surface area contributed by atoms with Crippen molar-refractivity contribution in [2.45, 2.75) is 65.6 Å². The van der Waals surface area contributed by atoms with Gasteiger partial charge < -0.3 is 9.47 Å². The lowest BCUT2D eigenvalue weighted by Gasteiger charge is -2.22. The Morgan fingerprint density at radius 1 is 0.792 bits per heavy atom. The molecule has 4 aliphatic rings. The normalized spacial score (nSPS) is 40.3. The smallest absolute Gasteiger partial charge is 0.309 e. The Balaban J connectivity index is 0.000000141. The van der Waals surface area contributed by atoms with Crippen molar-refractivity contribution in [1.29, 1.82) is 0 Å². The van der Waals surface area contributed by atoms with Crippen LogP contribution in [0.2, 0.25) is 0 Å². The Hall–Kier alpha value is -1.58. The molecule has 0 N–H and O–H groups in total. The average molecular weight is 332 g/mol. The van der Waals surface area contributed by atoms with Gasteiger partial charge >= 0.3 is 11.9 Å². The van der Waals surface area contributed by atoms with Crippen LogP contribution in [0.25, 0.3) is 0 Å². The van der Waals surface area contributed by atoms with E-state index in [9.17, 15) is 9.59 Å². The predicted molar refractivity (Wildman–Crippen MR) is 91.1 cm³/mol. The number of hydrogen-bond acceptors (Lipinski definition) is 4. The quantitative estimate of drug-likeness (QED) is 0.500. The molecule has 2 aliphatic carbocycles. The number of rotatable bonds is 0. The van der Waals surface area contributed by atoms with Crippen molar-refractivity contribution in [3.05, 3.63) is 23.3 Å². The zero-order valence-electron chi connectivity index (χ0n) is 15.1. The van der Waals surface area contributed by atoms with Crippen LogP contribution < -0.4 is 0 Å². The van der Waals surface area contributed by atoms with Crippen LogP contribution in [0, 0.1) is 23.7 Å². The van der Waals surface area contributed by atoms with E-state index in [2.05, 4.69) is 26.0 Å². The Labute approximate surface area is 144 Å². The first-order valence-electron chi connectivity index (χ1n) is 9.12. The molecule has 4 rings (SSSR count). The molecule has 6 atom stereocenters. The molecule has 2 aliphatic heterocycles. The number of carbonyl (C=O) groups is 2. The molecule has 0 aromatic carbocycles. The van der Waals surface area contributed by atoms with Gasteiger partial charge in [-0.25, -0.2) is 0 Å². The van der Waals surface area contributed by atoms with Crippen LogP contribution in [-0.4, -0.2) is 24.1 Å². The summed E-state index contributed by atoms with van der Waals surface area (Å²) in [5.74, 6) is 1.08. The fourth-order valence-electron chi connectivity index (χ4n) is 4.24. The van der Waals surface area contributed by atoms with Crippen molar-refractivity contribution in [3.8, 4) is 0 Å². The van der Waals surface area contributed by atoms with Crippen molar-refractivity contribution < 1.29 is 19.1 Å². The van der Waals surface area contributed by atoms with E-state index >= 15 is 0 Å². The molecule has 24 heavy (non-hydrogen) atoms. The first kappa shape index (κ1) is 17.2. The predicted octanol–water partition coefficient (Wildman–Crippen LogP) is 3.81. The van der Waals surface area contributed by atoms with Crippen LogP contribution in [0.5, 0.6) is 0 Å². The average Bonchev–Trinajstić information content (AvgIpc) is 2.96. The van der Waals surface area contributed by atoms with Gasteiger partial charge in [0.2, 0.25) is 0 Å². The number of hydrogen-bond donors (Lipinski definition) is 0. The summed E-state index contributed by atoms with van der Waals surface area (Å²) >= 11 is 0. The number of esters is 2. The van der Waals surface area contributed by atoms with Crippen LogP contribution >= 0.6 is 0 Å². The molecule has 0 aromatic heterocycles. The third-order valence-corrected chi connectivity index (χ3v) is 6.02. The highest BCUT2D eigenvalue weighted by molar-refractivity contribution is 5.75. The topological polar surface area (TPSA) is 52.6 Å². The van der Waals surface area contributed by atoms with Gasteiger partial charge in [-0.15, -0.1) is 0 Å². The van der Waals surface area contributed by atoms with E-state index in [1.807, 2.05) is 13.8 Å². The van der Waals surface area contributed by atoms with Gasteiger partial charge in [-0.2, -0.15) is 0 Å². The first-order valence-corrected chi connectivity index (χ1v) is 9.12. The maximum absolute atomic E-state index is 11.2. The lowest BCUT2D eigenvalue weighted by molar-refractivity contribution is -0.143. The second-order valence-electron chi connectivity index (χ2n) is 7.81. The molecule has 4 heteroatoms. The molecule has 132 valence electrons. The minimum absolute atomic E-state index is 0.0176. The Kier molecular flexibility index (Phi) is 4.84. The fraction of sp³-hybridized carbons (Fsp3) is 0.700. The SMILES string of the molecule is CC1=CC2OC(=O)[C@@H](C)[C@@H]2CC1.CC1=C[C@H]2OC(=O)[C@H](C)[C@H]2CC1. The third-order valence-electron chi connectivity index (χ3n) is 6.02. The van der Waals surface area contributed by atoms with E-state index in [1.165, 1.54) is 11.1 Å². The van der Waals surface area contributed by atoms with E-state index in [4.69, 9.17) is 9.47 Å². The number of allylic oxidation sites excluding steroid dienone is 2. The standard InChI is InChI=1S/2C10H14O2/c2*1-6-3-4-8-7(2)10(11)12-9(8)5-6/h2*5,7-9H,3-4H2,1-2H3/t7-,8-,9?;7-,8-,9-/m01/s1. The molecule has 2 fully saturated rings. The van der Waals surface area contributed by atoms with Crippen molar-refractivity contribution >= 4 is 11.9 Å². The van der Waals surface area contributed by atoms with Crippen molar-refractivity contribution in [2.24, 2.45) is 23.7 Å². The monoisotopic (exact) mass is 332 g/mol. The minimum atomic E-state index is -0.0176. The van der Waals surface area contributed by atoms with Crippen LogP contribution in [-0.2, 0) is 19.1 Å². The van der Waals surface area contributed by atoms with Crippen LogP contribution in [0.3, 0.4) is 0 Å². The number of fused-ring (bicyclic) bond motifs is 2. The second-order valence-corrected chi connectivity index (χ2v) is 7.81. The molecule has 2 saturated heterocycles. The van der Waals surface area contributed by atoms with E-state index in [0.717, 1.165) is 25.7 Å². The molecule has 0 spiro atoms. The zero-order valence-corrected chi connectivity index (χ0v) is 15.1. The van der Waals surface area contributed by atoms with Gasteiger partial charge in [0.15, 0.2) is 0 Å². The van der Waals surface area contributed by atoms with Crippen LogP contribution in [0.15, 0.2) is 23.3 Å². The fourth-order valence-corrected chi connectivity index (χ4v) is 4.24. The number of ether oxygens (including phenoxy) is 2. The summed E-state index contributed by atoms with van der Waals surface area (Å²) in [7, 11) is 0. The summed E-state index contributed by atoms with van der Waals surface area (Å²) in [4.78, 5) is 22.4. The second kappa shape index (κ2) is 6.73. The highest BCUT2D eigenvalue weighted by atomic mass is 16.6. The third kappa shape index (κ3) is 3.28. The summed E-state index contributed by atoms with van der Waals surface area (Å²) in [6, 6.07) is 0. The Morgan fingerprint density at radius 2 is 1.17 bits per heavy atom. The summed E-state index contributed by atoms with van der Waals surface area (Å²) in [6.07, 6.45) is 8.86. The molecule has 2 heterocycles. The Bertz CT molecular complexity index is 536. The summed E-state index contributed by atoms with van der Waals surface area (Å²) in [5, 5.41) is 0. The molecule has 0 amide bonds.